The van der Waals surface area contributed by atoms with Gasteiger partial charge < -0.3 is 0 Å². The Kier molecular flexibility index (Phi) is 1.52. The molecule has 0 bridgehead atoms. The van der Waals surface area contributed by atoms with Crippen LogP contribution in [0.5, 0.6) is 0 Å². The first-order chi connectivity index (χ1) is 4.29. The lowest BCUT2D eigenvalue weighted by Gasteiger charge is -1.84. The summed E-state index contributed by atoms with van der Waals surface area (Å²) in [5, 5.41) is 0. The average molecular weight is 122 g/mol. The molecule has 0 amide bonds. The average Bonchev–Trinajstić information content (AvgIpc) is 2.64. The van der Waals surface area contributed by atoms with Crippen LogP contribution in [0.1, 0.15) is 6.42 Å². The van der Waals surface area contributed by atoms with Crippen LogP contribution in [0, 0.1) is 11.8 Å². The lowest BCUT2D eigenvalue weighted by molar-refractivity contribution is -0.115. The summed E-state index contributed by atoms with van der Waals surface area (Å²) in [5.41, 5.74) is 0. The molecule has 1 heteroatoms. The van der Waals surface area contributed by atoms with Crippen molar-refractivity contribution in [3.8, 4) is 0 Å². The Hall–Kier alpha value is -0.850. The lowest BCUT2D eigenvalue weighted by Crippen LogP contribution is -1.94. The SMILES string of the molecule is C=CC(=O)[C@H]1CC1C=C. The minimum absolute atomic E-state index is 0.167. The van der Waals surface area contributed by atoms with E-state index in [1.807, 2.05) is 6.08 Å². The van der Waals surface area contributed by atoms with Gasteiger partial charge in [-0.25, -0.2) is 0 Å². The van der Waals surface area contributed by atoms with E-state index in [2.05, 4.69) is 13.2 Å². The number of carbonyl (C=O) groups excluding carboxylic acids is 1. The number of rotatable bonds is 3. The summed E-state index contributed by atoms with van der Waals surface area (Å²) in [6.07, 6.45) is 4.22. The molecule has 0 radical (unpaired) electrons. The van der Waals surface area contributed by atoms with Crippen molar-refractivity contribution < 1.29 is 4.79 Å². The van der Waals surface area contributed by atoms with E-state index >= 15 is 0 Å². The zero-order valence-electron chi connectivity index (χ0n) is 5.34. The van der Waals surface area contributed by atoms with E-state index in [0.29, 0.717) is 5.92 Å². The maximum absolute atomic E-state index is 10.8. The van der Waals surface area contributed by atoms with Gasteiger partial charge in [-0.1, -0.05) is 12.7 Å². The number of ketones is 1. The molecule has 0 aliphatic heterocycles. The molecule has 0 saturated heterocycles. The van der Waals surface area contributed by atoms with E-state index in [1.54, 1.807) is 0 Å². The highest BCUT2D eigenvalue weighted by Crippen LogP contribution is 2.39. The second-order valence-electron chi connectivity index (χ2n) is 2.35. The summed E-state index contributed by atoms with van der Waals surface area (Å²) in [6.45, 7) is 7.01. The van der Waals surface area contributed by atoms with Crippen molar-refractivity contribution in [1.29, 1.82) is 0 Å². The molecular weight excluding hydrogens is 112 g/mol. The van der Waals surface area contributed by atoms with E-state index in [1.165, 1.54) is 6.08 Å². The molecular formula is C8H10O. The Morgan fingerprint density at radius 3 is 2.56 bits per heavy atom. The Labute approximate surface area is 55.1 Å². The second kappa shape index (κ2) is 2.18. The third kappa shape index (κ3) is 1.10. The van der Waals surface area contributed by atoms with E-state index in [-0.39, 0.29) is 11.7 Å². The van der Waals surface area contributed by atoms with Crippen molar-refractivity contribution in [2.24, 2.45) is 11.8 Å². The van der Waals surface area contributed by atoms with Crippen LogP contribution in [0.15, 0.2) is 25.3 Å². The van der Waals surface area contributed by atoms with Crippen LogP contribution in [0.4, 0.5) is 0 Å². The number of hydrogen-bond donors (Lipinski definition) is 0. The Bertz CT molecular complexity index is 158. The van der Waals surface area contributed by atoms with Crippen LogP contribution in [-0.2, 0) is 4.79 Å². The van der Waals surface area contributed by atoms with Gasteiger partial charge in [-0.15, -0.1) is 6.58 Å². The monoisotopic (exact) mass is 122 g/mol. The molecule has 2 atom stereocenters. The van der Waals surface area contributed by atoms with Gasteiger partial charge in [0.25, 0.3) is 0 Å². The minimum atomic E-state index is 0.167. The molecule has 0 aromatic heterocycles. The highest BCUT2D eigenvalue weighted by molar-refractivity contribution is 5.93. The molecule has 1 aliphatic rings. The fraction of sp³-hybridized carbons (Fsp3) is 0.375. The van der Waals surface area contributed by atoms with Crippen molar-refractivity contribution in [2.45, 2.75) is 6.42 Å². The van der Waals surface area contributed by atoms with Gasteiger partial charge in [0.1, 0.15) is 0 Å². The summed E-state index contributed by atoms with van der Waals surface area (Å²) >= 11 is 0. The molecule has 0 aromatic rings. The number of allylic oxidation sites excluding steroid dienone is 2. The largest absolute Gasteiger partial charge is 0.295 e. The molecule has 0 N–H and O–H groups in total. The predicted octanol–water partition coefficient (Wildman–Crippen LogP) is 1.56. The molecule has 48 valence electrons. The van der Waals surface area contributed by atoms with Gasteiger partial charge in [-0.05, 0) is 18.4 Å². The normalized spacial score (nSPS) is 31.1. The summed E-state index contributed by atoms with van der Waals surface area (Å²) in [5.74, 6) is 0.829. The van der Waals surface area contributed by atoms with Crippen LogP contribution in [0.25, 0.3) is 0 Å². The van der Waals surface area contributed by atoms with Crippen LogP contribution < -0.4 is 0 Å². The Morgan fingerprint density at radius 2 is 2.22 bits per heavy atom. The molecule has 1 aliphatic carbocycles. The topological polar surface area (TPSA) is 17.1 Å². The zero-order valence-corrected chi connectivity index (χ0v) is 5.34. The van der Waals surface area contributed by atoms with Crippen molar-refractivity contribution in [3.63, 3.8) is 0 Å². The van der Waals surface area contributed by atoms with E-state index < -0.39 is 0 Å². The quantitative estimate of drug-likeness (QED) is 0.410. The van der Waals surface area contributed by atoms with Gasteiger partial charge in [-0.2, -0.15) is 0 Å². The molecule has 0 spiro atoms. The molecule has 1 fully saturated rings. The molecule has 9 heavy (non-hydrogen) atoms. The first kappa shape index (κ1) is 6.27. The van der Waals surface area contributed by atoms with Crippen LogP contribution >= 0.6 is 0 Å². The van der Waals surface area contributed by atoms with E-state index in [4.69, 9.17) is 0 Å². The third-order valence-electron chi connectivity index (χ3n) is 1.71. The molecule has 1 saturated carbocycles. The third-order valence-corrected chi connectivity index (χ3v) is 1.71. The van der Waals surface area contributed by atoms with Gasteiger partial charge in [0.05, 0.1) is 0 Å². The van der Waals surface area contributed by atoms with Crippen molar-refractivity contribution in [3.05, 3.63) is 25.3 Å². The summed E-state index contributed by atoms with van der Waals surface area (Å²) in [7, 11) is 0. The summed E-state index contributed by atoms with van der Waals surface area (Å²) in [4.78, 5) is 10.8. The van der Waals surface area contributed by atoms with Gasteiger partial charge in [0, 0.05) is 5.92 Å². The minimum Gasteiger partial charge on any atom is -0.295 e. The summed E-state index contributed by atoms with van der Waals surface area (Å²) < 4.78 is 0. The van der Waals surface area contributed by atoms with Crippen molar-refractivity contribution in [2.75, 3.05) is 0 Å². The van der Waals surface area contributed by atoms with Gasteiger partial charge >= 0.3 is 0 Å². The first-order valence-corrected chi connectivity index (χ1v) is 3.08. The van der Waals surface area contributed by atoms with E-state index in [0.717, 1.165) is 6.42 Å². The lowest BCUT2D eigenvalue weighted by atomic mass is 10.2. The predicted molar refractivity (Wildman–Crippen MR) is 37.0 cm³/mol. The Balaban J connectivity index is 2.41. The van der Waals surface area contributed by atoms with Crippen LogP contribution in [-0.4, -0.2) is 5.78 Å². The highest BCUT2D eigenvalue weighted by Gasteiger charge is 2.38. The van der Waals surface area contributed by atoms with Crippen molar-refractivity contribution in [1.82, 2.24) is 0 Å². The van der Waals surface area contributed by atoms with Crippen LogP contribution in [0.2, 0.25) is 0 Å². The fourth-order valence-corrected chi connectivity index (χ4v) is 0.954. The first-order valence-electron chi connectivity index (χ1n) is 3.08. The maximum atomic E-state index is 10.8. The zero-order chi connectivity index (χ0) is 6.85. The van der Waals surface area contributed by atoms with Gasteiger partial charge in [-0.3, -0.25) is 4.79 Å². The Morgan fingerprint density at radius 1 is 1.56 bits per heavy atom. The molecule has 1 unspecified atom stereocenters. The maximum Gasteiger partial charge on any atom is 0.158 e. The van der Waals surface area contributed by atoms with E-state index in [9.17, 15) is 4.79 Å². The van der Waals surface area contributed by atoms with Crippen LogP contribution in [0.3, 0.4) is 0 Å². The summed E-state index contributed by atoms with van der Waals surface area (Å²) in [6, 6.07) is 0. The van der Waals surface area contributed by atoms with Gasteiger partial charge in [0.15, 0.2) is 5.78 Å². The number of hydrogen-bond acceptors (Lipinski definition) is 1. The standard InChI is InChI=1S/C8H10O/c1-3-6-5-7(6)8(9)4-2/h3-4,6-7H,1-2,5H2/t6?,7-/m0/s1. The molecule has 0 aromatic carbocycles. The second-order valence-corrected chi connectivity index (χ2v) is 2.35. The molecule has 0 heterocycles. The molecule has 1 rings (SSSR count). The van der Waals surface area contributed by atoms with Crippen molar-refractivity contribution >= 4 is 5.78 Å². The smallest absolute Gasteiger partial charge is 0.158 e. The fourth-order valence-electron chi connectivity index (χ4n) is 0.954. The molecule has 1 nitrogen and oxygen atoms in total. The highest BCUT2D eigenvalue weighted by atomic mass is 16.1. The number of carbonyl (C=O) groups is 1. The van der Waals surface area contributed by atoms with Gasteiger partial charge in [0.2, 0.25) is 0 Å².